The minimum atomic E-state index is -0.315. The molecule has 7 heteroatoms. The van der Waals surface area contributed by atoms with Crippen molar-refractivity contribution in [3.05, 3.63) is 35.0 Å². The van der Waals surface area contributed by atoms with E-state index in [-0.39, 0.29) is 12.5 Å². The summed E-state index contributed by atoms with van der Waals surface area (Å²) in [5.41, 5.74) is 0.664. The van der Waals surface area contributed by atoms with E-state index >= 15 is 0 Å². The van der Waals surface area contributed by atoms with Crippen LogP contribution in [0.2, 0.25) is 0 Å². The molecule has 2 N–H and O–H groups in total. The van der Waals surface area contributed by atoms with Crippen molar-refractivity contribution in [1.82, 2.24) is 14.6 Å². The Morgan fingerprint density at radius 1 is 1.56 bits per heavy atom. The molecule has 0 aliphatic rings. The lowest BCUT2D eigenvalue weighted by molar-refractivity contribution is 0.103. The van der Waals surface area contributed by atoms with E-state index in [1.54, 1.807) is 12.1 Å². The van der Waals surface area contributed by atoms with E-state index in [0.717, 1.165) is 11.5 Å². The number of nitrogens with one attached hydrogen (secondary N) is 1. The Morgan fingerprint density at radius 2 is 2.44 bits per heavy atom. The van der Waals surface area contributed by atoms with Crippen molar-refractivity contribution in [3.8, 4) is 11.8 Å². The fourth-order valence-corrected chi connectivity index (χ4v) is 1.57. The van der Waals surface area contributed by atoms with E-state index in [0.29, 0.717) is 16.3 Å². The number of hydrogen-bond donors (Lipinski definition) is 2. The van der Waals surface area contributed by atoms with Gasteiger partial charge in [0.05, 0.1) is 6.20 Å². The molecule has 1 amide bonds. The van der Waals surface area contributed by atoms with Gasteiger partial charge in [-0.2, -0.15) is 0 Å². The van der Waals surface area contributed by atoms with Crippen LogP contribution in [0.1, 0.15) is 15.2 Å². The van der Waals surface area contributed by atoms with Gasteiger partial charge in [0, 0.05) is 11.8 Å². The van der Waals surface area contributed by atoms with Crippen molar-refractivity contribution in [2.45, 2.75) is 0 Å². The first-order valence-corrected chi connectivity index (χ1v) is 5.71. The number of aliphatic hydroxyl groups excluding tert-OH is 1. The van der Waals surface area contributed by atoms with Crippen LogP contribution < -0.4 is 5.32 Å². The molecule has 0 spiro atoms. The number of pyridine rings is 1. The van der Waals surface area contributed by atoms with E-state index in [2.05, 4.69) is 31.7 Å². The number of carbonyl (C=O) groups excluding carboxylic acids is 1. The zero-order chi connectivity index (χ0) is 12.8. The van der Waals surface area contributed by atoms with Crippen LogP contribution in [0.3, 0.4) is 0 Å². The van der Waals surface area contributed by atoms with E-state index in [9.17, 15) is 4.79 Å². The average molecular weight is 260 g/mol. The quantitative estimate of drug-likeness (QED) is 0.769. The van der Waals surface area contributed by atoms with Gasteiger partial charge in [-0.05, 0) is 23.7 Å². The van der Waals surface area contributed by atoms with Crippen LogP contribution in [0, 0.1) is 11.8 Å². The second kappa shape index (κ2) is 5.86. The smallest absolute Gasteiger partial charge is 0.270 e. The molecule has 2 rings (SSSR count). The summed E-state index contributed by atoms with van der Waals surface area (Å²) in [6.45, 7) is -0.212. The third-order valence-electron chi connectivity index (χ3n) is 1.90. The van der Waals surface area contributed by atoms with E-state index in [1.807, 2.05) is 0 Å². The van der Waals surface area contributed by atoms with Crippen LogP contribution in [-0.2, 0) is 0 Å². The minimum Gasteiger partial charge on any atom is -0.384 e. The standard InChI is InChI=1S/C11H8N4O2S/c16-5-1-2-8-3-4-12-10(6-8)14-11(17)9-7-13-15-18-9/h3-4,6-7,16H,5H2,(H,12,14,17). The Bertz CT molecular complexity index is 601. The van der Waals surface area contributed by atoms with Gasteiger partial charge in [-0.25, -0.2) is 4.98 Å². The molecule has 0 saturated carbocycles. The van der Waals surface area contributed by atoms with E-state index < -0.39 is 0 Å². The maximum atomic E-state index is 11.7. The van der Waals surface area contributed by atoms with Crippen molar-refractivity contribution >= 4 is 23.3 Å². The molecular weight excluding hydrogens is 252 g/mol. The van der Waals surface area contributed by atoms with Crippen molar-refractivity contribution in [2.75, 3.05) is 11.9 Å². The van der Waals surface area contributed by atoms with Crippen molar-refractivity contribution in [3.63, 3.8) is 0 Å². The number of aliphatic hydroxyl groups is 1. The summed E-state index contributed by atoms with van der Waals surface area (Å²) in [6.07, 6.45) is 2.91. The first-order chi connectivity index (χ1) is 8.79. The second-order valence-corrected chi connectivity index (χ2v) is 3.91. The Kier molecular flexibility index (Phi) is 3.96. The first kappa shape index (κ1) is 12.2. The highest BCUT2D eigenvalue weighted by Crippen LogP contribution is 2.09. The Labute approximate surface area is 107 Å². The molecule has 0 saturated heterocycles. The molecule has 0 aliphatic carbocycles. The number of nitrogens with zero attached hydrogens (tertiary/aromatic N) is 3. The SMILES string of the molecule is O=C(Nc1cc(C#CCO)ccn1)c1cnns1. The van der Waals surface area contributed by atoms with Crippen LogP contribution in [0.4, 0.5) is 5.82 Å². The lowest BCUT2D eigenvalue weighted by Crippen LogP contribution is -2.11. The Morgan fingerprint density at radius 3 is 3.17 bits per heavy atom. The maximum Gasteiger partial charge on any atom is 0.270 e. The molecule has 18 heavy (non-hydrogen) atoms. The van der Waals surface area contributed by atoms with Gasteiger partial charge in [-0.1, -0.05) is 16.3 Å². The summed E-state index contributed by atoms with van der Waals surface area (Å²) in [6, 6.07) is 3.31. The van der Waals surface area contributed by atoms with Gasteiger partial charge < -0.3 is 10.4 Å². The van der Waals surface area contributed by atoms with Crippen LogP contribution in [0.15, 0.2) is 24.5 Å². The number of carbonyl (C=O) groups is 1. The summed E-state index contributed by atoms with van der Waals surface area (Å²) in [5, 5.41) is 14.8. The third-order valence-corrected chi connectivity index (χ3v) is 2.56. The van der Waals surface area contributed by atoms with E-state index in [1.165, 1.54) is 12.4 Å². The van der Waals surface area contributed by atoms with Crippen LogP contribution in [0.5, 0.6) is 0 Å². The minimum absolute atomic E-state index is 0.212. The molecule has 0 radical (unpaired) electrons. The lowest BCUT2D eigenvalue weighted by atomic mass is 10.2. The highest BCUT2D eigenvalue weighted by molar-refractivity contribution is 7.07. The fraction of sp³-hybridized carbons (Fsp3) is 0.0909. The molecule has 0 atom stereocenters. The van der Waals surface area contributed by atoms with Crippen molar-refractivity contribution < 1.29 is 9.90 Å². The zero-order valence-corrected chi connectivity index (χ0v) is 9.94. The largest absolute Gasteiger partial charge is 0.384 e. The number of amides is 1. The summed E-state index contributed by atoms with van der Waals surface area (Å²) in [4.78, 5) is 16.1. The molecule has 2 heterocycles. The highest BCUT2D eigenvalue weighted by Gasteiger charge is 2.09. The predicted molar refractivity (Wildman–Crippen MR) is 66.1 cm³/mol. The Balaban J connectivity index is 2.12. The van der Waals surface area contributed by atoms with Gasteiger partial charge in [-0.15, -0.1) is 5.10 Å². The van der Waals surface area contributed by atoms with Crippen molar-refractivity contribution in [1.29, 1.82) is 0 Å². The summed E-state index contributed by atoms with van der Waals surface area (Å²) in [7, 11) is 0. The number of anilines is 1. The number of hydrogen-bond acceptors (Lipinski definition) is 6. The normalized spacial score (nSPS) is 9.39. The molecule has 0 unspecified atom stereocenters. The lowest BCUT2D eigenvalue weighted by Gasteiger charge is -2.01. The fourth-order valence-electron chi connectivity index (χ4n) is 1.16. The van der Waals surface area contributed by atoms with Gasteiger partial charge in [-0.3, -0.25) is 4.79 Å². The predicted octanol–water partition coefficient (Wildman–Crippen LogP) is 0.529. The summed E-state index contributed by atoms with van der Waals surface area (Å²) < 4.78 is 3.60. The molecule has 0 aromatic carbocycles. The molecule has 2 aromatic rings. The maximum absolute atomic E-state index is 11.7. The van der Waals surface area contributed by atoms with Gasteiger partial charge in [0.15, 0.2) is 0 Å². The molecule has 90 valence electrons. The number of rotatable bonds is 2. The van der Waals surface area contributed by atoms with Gasteiger partial charge >= 0.3 is 0 Å². The topological polar surface area (TPSA) is 88.0 Å². The monoisotopic (exact) mass is 260 g/mol. The molecule has 2 aromatic heterocycles. The first-order valence-electron chi connectivity index (χ1n) is 4.94. The van der Waals surface area contributed by atoms with Crippen LogP contribution in [-0.4, -0.2) is 32.2 Å². The molecule has 0 bridgehead atoms. The van der Waals surface area contributed by atoms with E-state index in [4.69, 9.17) is 5.11 Å². The van der Waals surface area contributed by atoms with Crippen LogP contribution in [0.25, 0.3) is 0 Å². The van der Waals surface area contributed by atoms with Crippen LogP contribution >= 0.6 is 11.5 Å². The summed E-state index contributed by atoms with van der Waals surface area (Å²) in [5.74, 6) is 5.32. The zero-order valence-electron chi connectivity index (χ0n) is 9.12. The highest BCUT2D eigenvalue weighted by atomic mass is 32.1. The van der Waals surface area contributed by atoms with Gasteiger partial charge in [0.2, 0.25) is 0 Å². The van der Waals surface area contributed by atoms with Crippen molar-refractivity contribution in [2.24, 2.45) is 0 Å². The molecule has 0 fully saturated rings. The molecule has 6 nitrogen and oxygen atoms in total. The number of aromatic nitrogens is 3. The summed E-state index contributed by atoms with van der Waals surface area (Å²) >= 11 is 1.01. The Hall–Kier alpha value is -2.30. The van der Waals surface area contributed by atoms with Gasteiger partial charge in [0.1, 0.15) is 17.3 Å². The average Bonchev–Trinajstić information content (AvgIpc) is 2.91. The molecular formula is C11H8N4O2S. The third kappa shape index (κ3) is 3.10. The molecule has 0 aliphatic heterocycles. The second-order valence-electron chi connectivity index (χ2n) is 3.13. The van der Waals surface area contributed by atoms with Gasteiger partial charge in [0.25, 0.3) is 5.91 Å².